The lowest BCUT2D eigenvalue weighted by molar-refractivity contribution is 0.444. The first-order valence-corrected chi connectivity index (χ1v) is 11.3. The van der Waals surface area contributed by atoms with Crippen LogP contribution in [0.2, 0.25) is 0 Å². The minimum Gasteiger partial charge on any atom is -0.290 e. The van der Waals surface area contributed by atoms with Crippen molar-refractivity contribution in [2.45, 2.75) is 38.0 Å². The maximum Gasteiger partial charge on any atom is 0.280 e. The summed E-state index contributed by atoms with van der Waals surface area (Å²) in [4.78, 5) is 22.5. The molecule has 32 heavy (non-hydrogen) atoms. The first-order chi connectivity index (χ1) is 15.8. The third kappa shape index (κ3) is 3.12. The Morgan fingerprint density at radius 1 is 0.875 bits per heavy atom. The number of benzene rings is 2. The van der Waals surface area contributed by atoms with Crippen molar-refractivity contribution >= 4 is 21.8 Å². The maximum atomic E-state index is 13.4. The second kappa shape index (κ2) is 7.75. The molecule has 5 heteroatoms. The summed E-state index contributed by atoms with van der Waals surface area (Å²) in [5, 5.41) is 5.02. The number of H-pyrrole nitrogens is 1. The van der Waals surface area contributed by atoms with Gasteiger partial charge in [0, 0.05) is 23.3 Å². The van der Waals surface area contributed by atoms with Gasteiger partial charge >= 0.3 is 0 Å². The summed E-state index contributed by atoms with van der Waals surface area (Å²) in [5.74, 6) is 0.599. The number of aromatic nitrogens is 4. The summed E-state index contributed by atoms with van der Waals surface area (Å²) in [5.41, 5.74) is 5.52. The van der Waals surface area contributed by atoms with E-state index in [0.717, 1.165) is 33.4 Å². The van der Waals surface area contributed by atoms with Crippen molar-refractivity contribution in [3.05, 3.63) is 89.0 Å². The van der Waals surface area contributed by atoms with Crippen LogP contribution in [0, 0.1) is 0 Å². The minimum absolute atomic E-state index is 0.0964. The molecule has 5 aromatic rings. The minimum atomic E-state index is -0.0964. The van der Waals surface area contributed by atoms with Crippen LogP contribution in [0.4, 0.5) is 0 Å². The van der Waals surface area contributed by atoms with Crippen LogP contribution in [-0.2, 0) is 0 Å². The Balaban J connectivity index is 1.55. The number of para-hydroxylation sites is 1. The molecular formula is C27H24N4O. The zero-order chi connectivity index (χ0) is 21.5. The molecule has 1 N–H and O–H groups in total. The summed E-state index contributed by atoms with van der Waals surface area (Å²) >= 11 is 0. The van der Waals surface area contributed by atoms with E-state index in [0.29, 0.717) is 11.3 Å². The van der Waals surface area contributed by atoms with Gasteiger partial charge < -0.3 is 0 Å². The van der Waals surface area contributed by atoms with Gasteiger partial charge in [0.2, 0.25) is 0 Å². The highest BCUT2D eigenvalue weighted by Crippen LogP contribution is 2.35. The molecule has 0 radical (unpaired) electrons. The lowest BCUT2D eigenvalue weighted by Gasteiger charge is -2.22. The standard InChI is InChI=1S/C27H24N4O/c32-27-22-17-29-24-14-13-19(18-8-2-1-3-9-18)16-21(24)26(22)30-31(27)25-12-5-4-10-20(25)23-11-6-7-15-28-23/h4-7,10-18,30H,1-3,8-9H2. The molecule has 1 saturated carbocycles. The van der Waals surface area contributed by atoms with Gasteiger partial charge in [0.05, 0.1) is 27.8 Å². The fourth-order valence-electron chi connectivity index (χ4n) is 5.04. The first kappa shape index (κ1) is 19.0. The predicted octanol–water partition coefficient (Wildman–Crippen LogP) is 5.98. The third-order valence-corrected chi connectivity index (χ3v) is 6.71. The number of hydrogen-bond donors (Lipinski definition) is 1. The second-order valence-electron chi connectivity index (χ2n) is 8.64. The average molecular weight is 421 g/mol. The normalized spacial score (nSPS) is 14.9. The Kier molecular flexibility index (Phi) is 4.60. The van der Waals surface area contributed by atoms with E-state index in [-0.39, 0.29) is 5.56 Å². The highest BCUT2D eigenvalue weighted by atomic mass is 16.1. The fraction of sp³-hybridized carbons (Fsp3) is 0.222. The molecule has 0 bridgehead atoms. The maximum absolute atomic E-state index is 13.4. The van der Waals surface area contributed by atoms with Gasteiger partial charge in [-0.2, -0.15) is 0 Å². The highest BCUT2D eigenvalue weighted by molar-refractivity contribution is 6.03. The number of rotatable bonds is 3. The van der Waals surface area contributed by atoms with Crippen molar-refractivity contribution in [2.24, 2.45) is 0 Å². The molecule has 2 aromatic carbocycles. The Hall–Kier alpha value is -3.73. The van der Waals surface area contributed by atoms with Crippen LogP contribution in [0.5, 0.6) is 0 Å². The van der Waals surface area contributed by atoms with E-state index in [1.165, 1.54) is 37.7 Å². The van der Waals surface area contributed by atoms with Gasteiger partial charge in [0.1, 0.15) is 0 Å². The van der Waals surface area contributed by atoms with Gasteiger partial charge in [0.15, 0.2) is 0 Å². The highest BCUT2D eigenvalue weighted by Gasteiger charge is 2.19. The number of fused-ring (bicyclic) bond motifs is 3. The van der Waals surface area contributed by atoms with Crippen molar-refractivity contribution < 1.29 is 0 Å². The summed E-state index contributed by atoms with van der Waals surface area (Å²) in [6, 6.07) is 20.2. The smallest absolute Gasteiger partial charge is 0.280 e. The quantitative estimate of drug-likeness (QED) is 0.391. The van der Waals surface area contributed by atoms with E-state index in [1.807, 2.05) is 42.5 Å². The van der Waals surface area contributed by atoms with Crippen LogP contribution in [0.15, 0.2) is 77.9 Å². The largest absolute Gasteiger partial charge is 0.290 e. The second-order valence-corrected chi connectivity index (χ2v) is 8.64. The first-order valence-electron chi connectivity index (χ1n) is 11.3. The molecule has 0 atom stereocenters. The summed E-state index contributed by atoms with van der Waals surface area (Å²) in [6.45, 7) is 0. The number of nitrogens with zero attached hydrogens (tertiary/aromatic N) is 3. The fourth-order valence-corrected chi connectivity index (χ4v) is 5.04. The third-order valence-electron chi connectivity index (χ3n) is 6.71. The van der Waals surface area contributed by atoms with Crippen molar-refractivity contribution in [1.29, 1.82) is 0 Å². The molecule has 158 valence electrons. The zero-order valence-corrected chi connectivity index (χ0v) is 17.8. The van der Waals surface area contributed by atoms with Gasteiger partial charge in [0.25, 0.3) is 5.56 Å². The molecule has 1 aliphatic carbocycles. The monoisotopic (exact) mass is 420 g/mol. The van der Waals surface area contributed by atoms with Gasteiger partial charge in [-0.3, -0.25) is 19.9 Å². The molecule has 3 aromatic heterocycles. The Morgan fingerprint density at radius 3 is 2.56 bits per heavy atom. The zero-order valence-electron chi connectivity index (χ0n) is 17.8. The van der Waals surface area contributed by atoms with E-state index in [2.05, 4.69) is 33.3 Å². The predicted molar refractivity (Wildman–Crippen MR) is 128 cm³/mol. The van der Waals surface area contributed by atoms with Crippen LogP contribution in [0.3, 0.4) is 0 Å². The van der Waals surface area contributed by atoms with Crippen molar-refractivity contribution in [3.63, 3.8) is 0 Å². The molecule has 6 rings (SSSR count). The van der Waals surface area contributed by atoms with E-state index in [1.54, 1.807) is 17.1 Å². The molecule has 1 aliphatic rings. The van der Waals surface area contributed by atoms with Gasteiger partial charge in [-0.15, -0.1) is 0 Å². The lowest BCUT2D eigenvalue weighted by atomic mass is 9.83. The number of pyridine rings is 2. The van der Waals surface area contributed by atoms with Crippen LogP contribution >= 0.6 is 0 Å². The van der Waals surface area contributed by atoms with Crippen LogP contribution < -0.4 is 5.56 Å². The molecule has 0 aliphatic heterocycles. The van der Waals surface area contributed by atoms with E-state index in [4.69, 9.17) is 0 Å². The Labute approximate surface area is 185 Å². The van der Waals surface area contributed by atoms with Gasteiger partial charge in [-0.1, -0.05) is 49.6 Å². The molecule has 3 heterocycles. The van der Waals surface area contributed by atoms with E-state index in [9.17, 15) is 4.79 Å². The number of aromatic amines is 1. The summed E-state index contributed by atoms with van der Waals surface area (Å²) < 4.78 is 1.63. The molecule has 0 saturated heterocycles. The summed E-state index contributed by atoms with van der Waals surface area (Å²) in [7, 11) is 0. The van der Waals surface area contributed by atoms with Gasteiger partial charge in [-0.25, -0.2) is 4.68 Å². The van der Waals surface area contributed by atoms with Crippen molar-refractivity contribution in [2.75, 3.05) is 0 Å². The van der Waals surface area contributed by atoms with Gasteiger partial charge in [-0.05, 0) is 54.7 Å². The molecule has 0 unspecified atom stereocenters. The summed E-state index contributed by atoms with van der Waals surface area (Å²) in [6.07, 6.45) is 9.86. The van der Waals surface area contributed by atoms with Crippen molar-refractivity contribution in [1.82, 2.24) is 19.7 Å². The van der Waals surface area contributed by atoms with E-state index >= 15 is 0 Å². The van der Waals surface area contributed by atoms with Crippen molar-refractivity contribution in [3.8, 4) is 16.9 Å². The number of hydrogen-bond acceptors (Lipinski definition) is 3. The Morgan fingerprint density at radius 2 is 1.72 bits per heavy atom. The van der Waals surface area contributed by atoms with E-state index < -0.39 is 0 Å². The average Bonchev–Trinajstić information content (AvgIpc) is 3.21. The SMILES string of the molecule is O=c1c2cnc3ccc(C4CCCCC4)cc3c2[nH]n1-c1ccccc1-c1ccccn1. The van der Waals surface area contributed by atoms with Crippen LogP contribution in [0.1, 0.15) is 43.6 Å². The topological polar surface area (TPSA) is 63.6 Å². The lowest BCUT2D eigenvalue weighted by Crippen LogP contribution is -2.15. The van der Waals surface area contributed by atoms with Crippen LogP contribution in [0.25, 0.3) is 38.8 Å². The van der Waals surface area contributed by atoms with Crippen LogP contribution in [-0.4, -0.2) is 19.7 Å². The molecule has 1 fully saturated rings. The Bertz CT molecular complexity index is 1480. The molecule has 5 nitrogen and oxygen atoms in total. The number of nitrogens with one attached hydrogen (secondary N) is 1. The molecular weight excluding hydrogens is 396 g/mol. The molecule has 0 amide bonds. The molecule has 0 spiro atoms.